The zero-order valence-corrected chi connectivity index (χ0v) is 15.6. The Hall–Kier alpha value is -2.33. The Balaban J connectivity index is 1.63. The summed E-state index contributed by atoms with van der Waals surface area (Å²) in [6.45, 7) is 4.10. The van der Waals surface area contributed by atoms with Crippen molar-refractivity contribution in [3.05, 3.63) is 65.7 Å². The summed E-state index contributed by atoms with van der Waals surface area (Å²) >= 11 is 0. The molecule has 1 aliphatic heterocycles. The Morgan fingerprint density at radius 3 is 2.27 bits per heavy atom. The molecule has 1 heterocycles. The normalized spacial score (nSPS) is 16.3. The molecule has 3 rings (SSSR count). The van der Waals surface area contributed by atoms with E-state index in [-0.39, 0.29) is 11.6 Å². The van der Waals surface area contributed by atoms with Crippen molar-refractivity contribution in [2.45, 2.75) is 31.8 Å². The molecule has 0 bridgehead atoms. The summed E-state index contributed by atoms with van der Waals surface area (Å²) in [5.41, 5.74) is 2.97. The molecule has 2 aromatic rings. The van der Waals surface area contributed by atoms with Gasteiger partial charge in [-0.05, 0) is 49.6 Å². The molecule has 0 atom stereocenters. The van der Waals surface area contributed by atoms with Crippen LogP contribution in [0.25, 0.3) is 0 Å². The van der Waals surface area contributed by atoms with Crippen molar-refractivity contribution in [2.75, 3.05) is 31.7 Å². The summed E-state index contributed by atoms with van der Waals surface area (Å²) in [6, 6.07) is 18.2. The van der Waals surface area contributed by atoms with Crippen LogP contribution in [0.1, 0.15) is 35.7 Å². The number of ether oxygens (including phenoxy) is 2. The molecular weight excluding hydrogens is 326 g/mol. The van der Waals surface area contributed by atoms with Crippen LogP contribution < -0.4 is 4.90 Å². The van der Waals surface area contributed by atoms with Crippen LogP contribution >= 0.6 is 0 Å². The van der Waals surface area contributed by atoms with Gasteiger partial charge < -0.3 is 14.4 Å². The van der Waals surface area contributed by atoms with E-state index in [2.05, 4.69) is 29.2 Å². The molecule has 4 heteroatoms. The van der Waals surface area contributed by atoms with Crippen LogP contribution in [0.3, 0.4) is 0 Å². The van der Waals surface area contributed by atoms with E-state index >= 15 is 0 Å². The maximum absolute atomic E-state index is 11.8. The predicted octanol–water partition coefficient (Wildman–Crippen LogP) is 4.09. The van der Waals surface area contributed by atoms with E-state index in [9.17, 15) is 4.79 Å². The summed E-state index contributed by atoms with van der Waals surface area (Å²) < 4.78 is 11.0. The van der Waals surface area contributed by atoms with Crippen molar-refractivity contribution in [3.63, 3.8) is 0 Å². The molecule has 1 fully saturated rings. The highest BCUT2D eigenvalue weighted by molar-refractivity contribution is 5.89. The van der Waals surface area contributed by atoms with E-state index < -0.39 is 0 Å². The molecular formula is C22H27NO3. The first-order valence-corrected chi connectivity index (χ1v) is 9.27. The molecule has 2 aromatic carbocycles. The molecule has 26 heavy (non-hydrogen) atoms. The molecule has 0 aliphatic carbocycles. The molecule has 1 saturated heterocycles. The smallest absolute Gasteiger partial charge is 0.338 e. The maximum Gasteiger partial charge on any atom is 0.338 e. The van der Waals surface area contributed by atoms with Gasteiger partial charge in [0.15, 0.2) is 0 Å². The third-order valence-electron chi connectivity index (χ3n) is 5.22. The van der Waals surface area contributed by atoms with E-state index in [1.54, 1.807) is 0 Å². The summed E-state index contributed by atoms with van der Waals surface area (Å²) in [6.07, 6.45) is 2.91. The molecule has 0 unspecified atom stereocenters. The van der Waals surface area contributed by atoms with Crippen LogP contribution in [0, 0.1) is 0 Å². The van der Waals surface area contributed by atoms with Gasteiger partial charge >= 0.3 is 5.97 Å². The molecule has 0 amide bonds. The fourth-order valence-corrected chi connectivity index (χ4v) is 3.62. The number of hydrogen-bond acceptors (Lipinski definition) is 4. The Labute approximate surface area is 155 Å². The van der Waals surface area contributed by atoms with E-state index in [1.165, 1.54) is 5.56 Å². The van der Waals surface area contributed by atoms with Crippen LogP contribution in [0.4, 0.5) is 5.69 Å². The summed E-state index contributed by atoms with van der Waals surface area (Å²) in [5, 5.41) is 0. The van der Waals surface area contributed by atoms with Crippen LogP contribution in [0.15, 0.2) is 54.6 Å². The van der Waals surface area contributed by atoms with Crippen LogP contribution in [-0.2, 0) is 15.9 Å². The van der Waals surface area contributed by atoms with Gasteiger partial charge in [0, 0.05) is 32.3 Å². The molecule has 1 aliphatic rings. The Morgan fingerprint density at radius 1 is 1.04 bits per heavy atom. The monoisotopic (exact) mass is 353 g/mol. The van der Waals surface area contributed by atoms with Crippen LogP contribution in [0.2, 0.25) is 0 Å². The van der Waals surface area contributed by atoms with Gasteiger partial charge in [-0.15, -0.1) is 0 Å². The standard InChI is InChI=1S/C22H27NO3/c1-3-26-21(24)19-9-11-20(12-10-19)23-15-13-22(25-2,14-16-23)17-18-7-5-4-6-8-18/h4-12H,3,13-17H2,1-2H3. The number of carbonyl (C=O) groups is 1. The topological polar surface area (TPSA) is 38.8 Å². The van der Waals surface area contributed by atoms with E-state index in [0.29, 0.717) is 12.2 Å². The molecule has 0 spiro atoms. The van der Waals surface area contributed by atoms with Crippen molar-refractivity contribution < 1.29 is 14.3 Å². The van der Waals surface area contributed by atoms with Gasteiger partial charge in [0.25, 0.3) is 0 Å². The highest BCUT2D eigenvalue weighted by Gasteiger charge is 2.34. The zero-order chi connectivity index (χ0) is 18.4. The number of nitrogens with zero attached hydrogens (tertiary/aromatic N) is 1. The third-order valence-corrected chi connectivity index (χ3v) is 5.22. The number of hydrogen-bond donors (Lipinski definition) is 0. The van der Waals surface area contributed by atoms with Crippen molar-refractivity contribution >= 4 is 11.7 Å². The van der Waals surface area contributed by atoms with Crippen molar-refractivity contribution in [1.82, 2.24) is 0 Å². The molecule has 138 valence electrons. The number of anilines is 1. The lowest BCUT2D eigenvalue weighted by Gasteiger charge is -2.42. The fourth-order valence-electron chi connectivity index (χ4n) is 3.62. The number of benzene rings is 2. The second-order valence-electron chi connectivity index (χ2n) is 6.80. The SMILES string of the molecule is CCOC(=O)c1ccc(N2CCC(Cc3ccccc3)(OC)CC2)cc1. The van der Waals surface area contributed by atoms with Gasteiger partial charge in [0.05, 0.1) is 17.8 Å². The lowest BCUT2D eigenvalue weighted by Crippen LogP contribution is -2.47. The van der Waals surface area contributed by atoms with E-state index in [4.69, 9.17) is 9.47 Å². The summed E-state index contributed by atoms with van der Waals surface area (Å²) in [4.78, 5) is 14.1. The first-order valence-electron chi connectivity index (χ1n) is 9.27. The van der Waals surface area contributed by atoms with Crippen LogP contribution in [-0.4, -0.2) is 38.4 Å². The highest BCUT2D eigenvalue weighted by atomic mass is 16.5. The van der Waals surface area contributed by atoms with Gasteiger partial charge in [0.2, 0.25) is 0 Å². The molecule has 0 N–H and O–H groups in total. The Bertz CT molecular complexity index is 704. The van der Waals surface area contributed by atoms with E-state index in [1.807, 2.05) is 44.4 Å². The predicted molar refractivity (Wildman–Crippen MR) is 104 cm³/mol. The lowest BCUT2D eigenvalue weighted by atomic mass is 9.85. The largest absolute Gasteiger partial charge is 0.462 e. The van der Waals surface area contributed by atoms with Gasteiger partial charge in [-0.1, -0.05) is 30.3 Å². The second kappa shape index (κ2) is 8.37. The Morgan fingerprint density at radius 2 is 1.69 bits per heavy atom. The van der Waals surface area contributed by atoms with Gasteiger partial charge in [-0.25, -0.2) is 4.79 Å². The van der Waals surface area contributed by atoms with Gasteiger partial charge in [-0.3, -0.25) is 0 Å². The number of piperidine rings is 1. The maximum atomic E-state index is 11.8. The lowest BCUT2D eigenvalue weighted by molar-refractivity contribution is -0.0289. The van der Waals surface area contributed by atoms with Gasteiger partial charge in [-0.2, -0.15) is 0 Å². The number of esters is 1. The zero-order valence-electron chi connectivity index (χ0n) is 15.6. The number of rotatable bonds is 6. The quantitative estimate of drug-likeness (QED) is 0.733. The molecule has 4 nitrogen and oxygen atoms in total. The Kier molecular flexibility index (Phi) is 5.94. The molecule has 0 radical (unpaired) electrons. The summed E-state index contributed by atoms with van der Waals surface area (Å²) in [7, 11) is 1.83. The first-order chi connectivity index (χ1) is 12.7. The first kappa shape index (κ1) is 18.5. The number of carbonyl (C=O) groups excluding carboxylic acids is 1. The van der Waals surface area contributed by atoms with Crippen molar-refractivity contribution in [2.24, 2.45) is 0 Å². The highest BCUT2D eigenvalue weighted by Crippen LogP contribution is 2.32. The molecule has 0 saturated carbocycles. The average molecular weight is 353 g/mol. The minimum absolute atomic E-state index is 0.0945. The second-order valence-corrected chi connectivity index (χ2v) is 6.80. The van der Waals surface area contributed by atoms with Crippen molar-refractivity contribution in [1.29, 1.82) is 0 Å². The number of methoxy groups -OCH3 is 1. The van der Waals surface area contributed by atoms with Gasteiger partial charge in [0.1, 0.15) is 0 Å². The summed E-state index contributed by atoms with van der Waals surface area (Å²) in [5.74, 6) is -0.265. The van der Waals surface area contributed by atoms with Crippen LogP contribution in [0.5, 0.6) is 0 Å². The minimum atomic E-state index is -0.265. The fraction of sp³-hybridized carbons (Fsp3) is 0.409. The average Bonchev–Trinajstić information content (AvgIpc) is 2.70. The minimum Gasteiger partial charge on any atom is -0.462 e. The van der Waals surface area contributed by atoms with Crippen molar-refractivity contribution in [3.8, 4) is 0 Å². The van der Waals surface area contributed by atoms with E-state index in [0.717, 1.165) is 38.0 Å². The third kappa shape index (κ3) is 4.25. The molecule has 0 aromatic heterocycles.